The molecule has 0 fully saturated rings. The van der Waals surface area contributed by atoms with Crippen molar-refractivity contribution in [3.63, 3.8) is 0 Å². The van der Waals surface area contributed by atoms with Gasteiger partial charge in [0.25, 0.3) is 0 Å². The van der Waals surface area contributed by atoms with Crippen LogP contribution in [0.1, 0.15) is 0 Å². The van der Waals surface area contributed by atoms with Gasteiger partial charge in [0.05, 0.1) is 5.52 Å². The fourth-order valence-corrected chi connectivity index (χ4v) is 6.17. The Morgan fingerprint density at radius 3 is 1.44 bits per heavy atom. The topological polar surface area (TPSA) is 12.9 Å². The van der Waals surface area contributed by atoms with Crippen molar-refractivity contribution >= 4 is 64.8 Å². The van der Waals surface area contributed by atoms with Crippen LogP contribution in [0.15, 0.2) is 128 Å². The highest BCUT2D eigenvalue weighted by Gasteiger charge is 2.18. The van der Waals surface area contributed by atoms with E-state index in [-0.39, 0.29) is 0 Å². The molecule has 0 saturated heterocycles. The van der Waals surface area contributed by atoms with E-state index in [1.54, 1.807) is 0 Å². The van der Waals surface area contributed by atoms with Crippen molar-refractivity contribution in [3.8, 4) is 11.1 Å². The van der Waals surface area contributed by atoms with Gasteiger partial charge in [0.1, 0.15) is 0 Å². The SMILES string of the molecule is c1ccc(-c2cccc3c2ncc2c3c3ccccc3c3c4ccccc4c4ccccc4c23)cc1. The summed E-state index contributed by atoms with van der Waals surface area (Å²) < 4.78 is 0. The lowest BCUT2D eigenvalue weighted by molar-refractivity contribution is 1.45. The van der Waals surface area contributed by atoms with Crippen LogP contribution in [-0.2, 0) is 0 Å². The standard InChI is InChI=1S/C35H21N/c1-2-11-22(12-3-1)23-19-10-20-30-32-28-17-8-9-18-29(28)33-26-15-6-4-13-24(26)25-14-5-7-16-27(25)34(33)31(32)21-36-35(23)30/h1-21H. The monoisotopic (exact) mass is 455 g/mol. The minimum absolute atomic E-state index is 1.05. The molecule has 0 aliphatic heterocycles. The van der Waals surface area contributed by atoms with Crippen LogP contribution >= 0.6 is 0 Å². The molecule has 1 heterocycles. The molecule has 1 aromatic heterocycles. The Labute approximate surface area is 208 Å². The first-order chi connectivity index (χ1) is 17.9. The van der Waals surface area contributed by atoms with Gasteiger partial charge in [-0.15, -0.1) is 0 Å². The van der Waals surface area contributed by atoms with Gasteiger partial charge in [0.2, 0.25) is 0 Å². The summed E-state index contributed by atoms with van der Waals surface area (Å²) in [7, 11) is 0. The maximum absolute atomic E-state index is 5.13. The van der Waals surface area contributed by atoms with Crippen LogP contribution in [0.2, 0.25) is 0 Å². The van der Waals surface area contributed by atoms with Crippen LogP contribution in [-0.4, -0.2) is 4.98 Å². The zero-order chi connectivity index (χ0) is 23.6. The molecule has 0 N–H and O–H groups in total. The second-order valence-electron chi connectivity index (χ2n) is 9.50. The Hall–Kier alpha value is -4.75. The first-order valence-electron chi connectivity index (χ1n) is 12.4. The molecule has 0 radical (unpaired) electrons. The molecule has 8 rings (SSSR count). The largest absolute Gasteiger partial charge is 0.255 e. The first-order valence-corrected chi connectivity index (χ1v) is 12.4. The summed E-state index contributed by atoms with van der Waals surface area (Å²) in [4.78, 5) is 5.13. The summed E-state index contributed by atoms with van der Waals surface area (Å²) in [6.07, 6.45) is 2.11. The lowest BCUT2D eigenvalue weighted by Crippen LogP contribution is -1.91. The number of para-hydroxylation sites is 1. The lowest BCUT2D eigenvalue weighted by Gasteiger charge is -2.17. The molecule has 1 heteroatoms. The van der Waals surface area contributed by atoms with Crippen molar-refractivity contribution in [1.82, 2.24) is 4.98 Å². The number of aromatic nitrogens is 1. The van der Waals surface area contributed by atoms with Crippen molar-refractivity contribution in [3.05, 3.63) is 128 Å². The van der Waals surface area contributed by atoms with E-state index < -0.39 is 0 Å². The summed E-state index contributed by atoms with van der Waals surface area (Å²) in [5.74, 6) is 0. The molecule has 8 aromatic rings. The average Bonchev–Trinajstić information content (AvgIpc) is 2.96. The molecule has 0 bridgehead atoms. The Balaban J connectivity index is 1.70. The Morgan fingerprint density at radius 2 is 0.806 bits per heavy atom. The van der Waals surface area contributed by atoms with Crippen molar-refractivity contribution < 1.29 is 0 Å². The molecule has 0 aliphatic carbocycles. The van der Waals surface area contributed by atoms with Gasteiger partial charge >= 0.3 is 0 Å². The first kappa shape index (κ1) is 19.5. The highest BCUT2D eigenvalue weighted by Crippen LogP contribution is 2.45. The number of fused-ring (bicyclic) bond motifs is 13. The van der Waals surface area contributed by atoms with Gasteiger partial charge in [0, 0.05) is 33.3 Å². The van der Waals surface area contributed by atoms with Crippen LogP contribution in [0.5, 0.6) is 0 Å². The molecular formula is C35H21N. The second kappa shape index (κ2) is 7.37. The van der Waals surface area contributed by atoms with Crippen LogP contribution < -0.4 is 0 Å². The van der Waals surface area contributed by atoms with Gasteiger partial charge in [-0.3, -0.25) is 4.98 Å². The van der Waals surface area contributed by atoms with E-state index in [1.807, 2.05) is 0 Å². The van der Waals surface area contributed by atoms with Crippen molar-refractivity contribution in [2.24, 2.45) is 0 Å². The Kier molecular flexibility index (Phi) is 4.00. The minimum Gasteiger partial charge on any atom is -0.255 e. The number of rotatable bonds is 1. The van der Waals surface area contributed by atoms with Crippen molar-refractivity contribution in [2.45, 2.75) is 0 Å². The van der Waals surface area contributed by atoms with Gasteiger partial charge in [0.15, 0.2) is 0 Å². The predicted octanol–water partition coefficient (Wildman–Crippen LogP) is 9.67. The number of pyridine rings is 1. The molecule has 1 nitrogen and oxygen atoms in total. The average molecular weight is 456 g/mol. The highest BCUT2D eigenvalue weighted by atomic mass is 14.7. The smallest absolute Gasteiger partial charge is 0.0786 e. The van der Waals surface area contributed by atoms with Gasteiger partial charge in [-0.25, -0.2) is 0 Å². The van der Waals surface area contributed by atoms with Crippen molar-refractivity contribution in [2.75, 3.05) is 0 Å². The number of hydrogen-bond donors (Lipinski definition) is 0. The highest BCUT2D eigenvalue weighted by molar-refractivity contribution is 6.41. The quantitative estimate of drug-likeness (QED) is 0.225. The number of benzene rings is 7. The normalized spacial score (nSPS) is 11.9. The van der Waals surface area contributed by atoms with Crippen LogP contribution in [0.25, 0.3) is 75.9 Å². The van der Waals surface area contributed by atoms with E-state index in [0.717, 1.165) is 5.52 Å². The van der Waals surface area contributed by atoms with E-state index >= 15 is 0 Å². The zero-order valence-corrected chi connectivity index (χ0v) is 19.6. The van der Waals surface area contributed by atoms with Crippen molar-refractivity contribution in [1.29, 1.82) is 0 Å². The van der Waals surface area contributed by atoms with Gasteiger partial charge in [-0.1, -0.05) is 121 Å². The van der Waals surface area contributed by atoms with E-state index in [4.69, 9.17) is 4.98 Å². The van der Waals surface area contributed by atoms with Gasteiger partial charge in [-0.2, -0.15) is 0 Å². The molecular weight excluding hydrogens is 434 g/mol. The van der Waals surface area contributed by atoms with Gasteiger partial charge < -0.3 is 0 Å². The van der Waals surface area contributed by atoms with E-state index in [1.165, 1.54) is 70.4 Å². The summed E-state index contributed by atoms with van der Waals surface area (Å²) in [6, 6.07) is 43.7. The Bertz CT molecular complexity index is 2140. The summed E-state index contributed by atoms with van der Waals surface area (Å²) >= 11 is 0. The van der Waals surface area contributed by atoms with E-state index in [9.17, 15) is 0 Å². The summed E-state index contributed by atoms with van der Waals surface area (Å²) in [6.45, 7) is 0. The summed E-state index contributed by atoms with van der Waals surface area (Å²) in [5.41, 5.74) is 3.41. The summed E-state index contributed by atoms with van der Waals surface area (Å²) in [5, 5.41) is 14.0. The zero-order valence-electron chi connectivity index (χ0n) is 19.6. The molecule has 0 saturated carbocycles. The van der Waals surface area contributed by atoms with E-state index in [2.05, 4.69) is 128 Å². The molecule has 0 aliphatic rings. The molecule has 166 valence electrons. The third-order valence-corrected chi connectivity index (χ3v) is 7.65. The molecule has 0 amide bonds. The Morgan fingerprint density at radius 1 is 0.333 bits per heavy atom. The fourth-order valence-electron chi connectivity index (χ4n) is 6.17. The molecule has 0 atom stereocenters. The molecule has 0 unspecified atom stereocenters. The second-order valence-corrected chi connectivity index (χ2v) is 9.50. The van der Waals surface area contributed by atoms with E-state index in [0.29, 0.717) is 0 Å². The molecule has 36 heavy (non-hydrogen) atoms. The van der Waals surface area contributed by atoms with Gasteiger partial charge in [-0.05, 0) is 43.3 Å². The third kappa shape index (κ3) is 2.57. The lowest BCUT2D eigenvalue weighted by atomic mass is 9.86. The van der Waals surface area contributed by atoms with Crippen LogP contribution in [0, 0.1) is 0 Å². The number of hydrogen-bond acceptors (Lipinski definition) is 1. The predicted molar refractivity (Wildman–Crippen MR) is 155 cm³/mol. The van der Waals surface area contributed by atoms with Crippen LogP contribution in [0.4, 0.5) is 0 Å². The fraction of sp³-hybridized carbons (Fsp3) is 0. The maximum atomic E-state index is 5.13. The number of nitrogens with zero attached hydrogens (tertiary/aromatic N) is 1. The van der Waals surface area contributed by atoms with Crippen LogP contribution in [0.3, 0.4) is 0 Å². The minimum atomic E-state index is 1.05. The molecule has 0 spiro atoms. The maximum Gasteiger partial charge on any atom is 0.0786 e. The third-order valence-electron chi connectivity index (χ3n) is 7.65. The molecule has 7 aromatic carbocycles.